The van der Waals surface area contributed by atoms with E-state index in [9.17, 15) is 0 Å². The lowest BCUT2D eigenvalue weighted by Crippen LogP contribution is -2.51. The first kappa shape index (κ1) is 15.7. The van der Waals surface area contributed by atoms with E-state index in [0.717, 1.165) is 43.0 Å². The zero-order chi connectivity index (χ0) is 16.3. The van der Waals surface area contributed by atoms with E-state index in [-0.39, 0.29) is 11.5 Å². The molecule has 0 saturated carbocycles. The summed E-state index contributed by atoms with van der Waals surface area (Å²) in [4.78, 5) is 6.66. The number of aromatic nitrogens is 3. The van der Waals surface area contributed by atoms with Crippen LogP contribution in [0.25, 0.3) is 11.3 Å². The second-order valence-corrected chi connectivity index (χ2v) is 5.87. The molecule has 0 atom stereocenters. The molecule has 23 heavy (non-hydrogen) atoms. The van der Waals surface area contributed by atoms with Crippen molar-refractivity contribution in [2.45, 2.75) is 32.3 Å². The molecule has 1 aromatic carbocycles. The molecule has 1 aromatic heterocycles. The predicted molar refractivity (Wildman–Crippen MR) is 91.2 cm³/mol. The Morgan fingerprint density at radius 1 is 1.17 bits per heavy atom. The Morgan fingerprint density at radius 2 is 1.91 bits per heavy atom. The third kappa shape index (κ3) is 3.12. The second-order valence-electron chi connectivity index (χ2n) is 5.87. The van der Waals surface area contributed by atoms with Gasteiger partial charge in [-0.2, -0.15) is 0 Å². The molecular weight excluding hydrogens is 290 g/mol. The highest BCUT2D eigenvalue weighted by Crippen LogP contribution is 2.32. The van der Waals surface area contributed by atoms with E-state index < -0.39 is 0 Å². The van der Waals surface area contributed by atoms with Crippen LogP contribution in [0.4, 0.5) is 11.8 Å². The van der Waals surface area contributed by atoms with Crippen molar-refractivity contribution in [3.05, 3.63) is 30.3 Å². The maximum atomic E-state index is 6.05. The van der Waals surface area contributed by atoms with Gasteiger partial charge in [-0.1, -0.05) is 44.2 Å². The predicted octanol–water partition coefficient (Wildman–Crippen LogP) is 2.52. The fourth-order valence-corrected chi connectivity index (χ4v) is 3.04. The third-order valence-electron chi connectivity index (χ3n) is 4.57. The van der Waals surface area contributed by atoms with Crippen LogP contribution in [0.15, 0.2) is 30.3 Å². The molecule has 1 saturated heterocycles. The monoisotopic (exact) mass is 313 g/mol. The van der Waals surface area contributed by atoms with Gasteiger partial charge in [0.15, 0.2) is 5.82 Å². The molecule has 1 fully saturated rings. The first-order valence-electron chi connectivity index (χ1n) is 8.12. The van der Waals surface area contributed by atoms with Gasteiger partial charge in [-0.3, -0.25) is 0 Å². The van der Waals surface area contributed by atoms with E-state index in [1.165, 1.54) is 0 Å². The average Bonchev–Trinajstić information content (AvgIpc) is 2.62. The van der Waals surface area contributed by atoms with E-state index in [4.69, 9.17) is 10.5 Å². The molecule has 1 aliphatic heterocycles. The molecular formula is C17H23N5O. The molecule has 2 heterocycles. The Hall–Kier alpha value is -2.21. The molecule has 0 bridgehead atoms. The molecule has 2 N–H and O–H groups in total. The van der Waals surface area contributed by atoms with Gasteiger partial charge in [0.2, 0.25) is 5.95 Å². The number of nitrogens with zero attached hydrogens (tertiary/aromatic N) is 4. The zero-order valence-electron chi connectivity index (χ0n) is 13.7. The van der Waals surface area contributed by atoms with Crippen LogP contribution in [0.5, 0.6) is 0 Å². The van der Waals surface area contributed by atoms with Gasteiger partial charge in [-0.25, -0.2) is 4.98 Å². The highest BCUT2D eigenvalue weighted by Gasteiger charge is 2.35. The van der Waals surface area contributed by atoms with Crippen molar-refractivity contribution >= 4 is 11.8 Å². The van der Waals surface area contributed by atoms with Crippen LogP contribution in [-0.4, -0.2) is 40.5 Å². The van der Waals surface area contributed by atoms with Crippen LogP contribution in [0.2, 0.25) is 0 Å². The van der Waals surface area contributed by atoms with Crippen LogP contribution in [0.3, 0.4) is 0 Å². The fourth-order valence-electron chi connectivity index (χ4n) is 3.04. The summed E-state index contributed by atoms with van der Waals surface area (Å²) in [6, 6.07) is 9.98. The molecule has 0 spiro atoms. The van der Waals surface area contributed by atoms with E-state index in [0.29, 0.717) is 6.61 Å². The summed E-state index contributed by atoms with van der Waals surface area (Å²) in [6.45, 7) is 6.58. The van der Waals surface area contributed by atoms with Gasteiger partial charge in [-0.15, -0.1) is 10.2 Å². The van der Waals surface area contributed by atoms with Crippen LogP contribution in [-0.2, 0) is 4.74 Å². The summed E-state index contributed by atoms with van der Waals surface area (Å²) in [5, 5.41) is 8.32. The molecule has 2 aromatic rings. The van der Waals surface area contributed by atoms with E-state index in [2.05, 4.69) is 33.9 Å². The molecule has 0 radical (unpaired) electrons. The second kappa shape index (κ2) is 6.50. The number of hydrogen-bond donors (Lipinski definition) is 1. The van der Waals surface area contributed by atoms with Gasteiger partial charge in [0.25, 0.3) is 0 Å². The lowest BCUT2D eigenvalue weighted by Gasteiger charge is -2.42. The van der Waals surface area contributed by atoms with Crippen molar-refractivity contribution in [2.75, 3.05) is 30.3 Å². The number of rotatable bonds is 4. The van der Waals surface area contributed by atoms with Gasteiger partial charge >= 0.3 is 0 Å². The first-order chi connectivity index (χ1) is 11.2. The van der Waals surface area contributed by atoms with Crippen LogP contribution >= 0.6 is 0 Å². The van der Waals surface area contributed by atoms with E-state index in [1.54, 1.807) is 0 Å². The normalized spacial score (nSPS) is 17.2. The Kier molecular flexibility index (Phi) is 4.43. The maximum absolute atomic E-state index is 6.05. The van der Waals surface area contributed by atoms with Crippen molar-refractivity contribution in [1.82, 2.24) is 15.2 Å². The topological polar surface area (TPSA) is 77.2 Å². The number of anilines is 2. The highest BCUT2D eigenvalue weighted by molar-refractivity contribution is 5.72. The van der Waals surface area contributed by atoms with Gasteiger partial charge < -0.3 is 15.4 Å². The van der Waals surface area contributed by atoms with Gasteiger partial charge in [0.05, 0.1) is 12.2 Å². The molecule has 0 amide bonds. The summed E-state index contributed by atoms with van der Waals surface area (Å²) in [5.41, 5.74) is 7.42. The lowest BCUT2D eigenvalue weighted by atomic mass is 9.94. The van der Waals surface area contributed by atoms with E-state index in [1.807, 2.05) is 30.3 Å². The van der Waals surface area contributed by atoms with Crippen molar-refractivity contribution in [3.8, 4) is 11.3 Å². The molecule has 6 nitrogen and oxygen atoms in total. The standard InChI is InChI=1S/C17H23N5O/c1-3-17(4-2)12-22(10-11-23-17)15-14(19-16(18)21-20-15)13-8-6-5-7-9-13/h5-9H,3-4,10-12H2,1-2H3,(H2,18,19,21). The minimum atomic E-state index is -0.130. The molecule has 1 aliphatic rings. The van der Waals surface area contributed by atoms with Crippen LogP contribution in [0, 0.1) is 0 Å². The van der Waals surface area contributed by atoms with Gasteiger partial charge in [-0.05, 0) is 12.8 Å². The highest BCUT2D eigenvalue weighted by atomic mass is 16.5. The first-order valence-corrected chi connectivity index (χ1v) is 8.12. The molecule has 122 valence electrons. The molecule has 0 unspecified atom stereocenters. The Morgan fingerprint density at radius 3 is 2.61 bits per heavy atom. The average molecular weight is 313 g/mol. The van der Waals surface area contributed by atoms with Crippen molar-refractivity contribution in [2.24, 2.45) is 0 Å². The minimum Gasteiger partial charge on any atom is -0.371 e. The maximum Gasteiger partial charge on any atom is 0.240 e. The summed E-state index contributed by atoms with van der Waals surface area (Å²) in [7, 11) is 0. The van der Waals surface area contributed by atoms with Crippen molar-refractivity contribution in [3.63, 3.8) is 0 Å². The van der Waals surface area contributed by atoms with Gasteiger partial charge in [0, 0.05) is 18.7 Å². The number of hydrogen-bond acceptors (Lipinski definition) is 6. The lowest BCUT2D eigenvalue weighted by molar-refractivity contribution is -0.0607. The summed E-state index contributed by atoms with van der Waals surface area (Å²) < 4.78 is 6.05. The Bertz CT molecular complexity index is 657. The largest absolute Gasteiger partial charge is 0.371 e. The van der Waals surface area contributed by atoms with Crippen molar-refractivity contribution in [1.29, 1.82) is 0 Å². The van der Waals surface area contributed by atoms with E-state index >= 15 is 0 Å². The Balaban J connectivity index is 2.00. The van der Waals surface area contributed by atoms with Crippen molar-refractivity contribution < 1.29 is 4.74 Å². The third-order valence-corrected chi connectivity index (χ3v) is 4.57. The quantitative estimate of drug-likeness (QED) is 0.934. The number of benzene rings is 1. The summed E-state index contributed by atoms with van der Waals surface area (Å²) in [6.07, 6.45) is 1.94. The smallest absolute Gasteiger partial charge is 0.240 e. The van der Waals surface area contributed by atoms with Crippen LogP contribution in [0.1, 0.15) is 26.7 Å². The zero-order valence-corrected chi connectivity index (χ0v) is 13.7. The molecule has 3 rings (SSSR count). The number of nitrogen functional groups attached to an aromatic ring is 1. The summed E-state index contributed by atoms with van der Waals surface area (Å²) in [5.74, 6) is 0.970. The summed E-state index contributed by atoms with van der Waals surface area (Å²) >= 11 is 0. The SMILES string of the molecule is CCC1(CC)CN(c2nnc(N)nc2-c2ccccc2)CCO1. The van der Waals surface area contributed by atoms with Crippen LogP contribution < -0.4 is 10.6 Å². The number of nitrogens with two attached hydrogens (primary N) is 1. The molecule has 6 heteroatoms. The number of ether oxygens (including phenoxy) is 1. The Labute approximate surface area is 136 Å². The fraction of sp³-hybridized carbons (Fsp3) is 0.471. The molecule has 0 aliphatic carbocycles. The number of morpholine rings is 1. The van der Waals surface area contributed by atoms with Gasteiger partial charge in [0.1, 0.15) is 5.69 Å². The minimum absolute atomic E-state index is 0.130.